The molecule has 0 heterocycles. The molecule has 0 aliphatic rings. The van der Waals surface area contributed by atoms with Gasteiger partial charge in [0, 0.05) is 32.7 Å². The van der Waals surface area contributed by atoms with Crippen LogP contribution in [0.5, 0.6) is 0 Å². The van der Waals surface area contributed by atoms with Crippen LogP contribution < -0.4 is 5.32 Å². The largest absolute Gasteiger partial charge is 0.480 e. The minimum atomic E-state index is -1.25. The second-order valence-corrected chi connectivity index (χ2v) is 6.91. The molecule has 32 heavy (non-hydrogen) atoms. The number of rotatable bonds is 19. The zero-order chi connectivity index (χ0) is 24.7. The van der Waals surface area contributed by atoms with E-state index in [0.29, 0.717) is 0 Å². The van der Waals surface area contributed by atoms with E-state index >= 15 is 0 Å². The monoisotopic (exact) mass is 466 g/mol. The lowest BCUT2D eigenvalue weighted by atomic mass is 10.3. The second kappa shape index (κ2) is 15.9. The molecule has 0 aromatic carbocycles. The van der Waals surface area contributed by atoms with Crippen LogP contribution in [0.25, 0.3) is 0 Å². The SMILES string of the molecule is O=C(O)CN(CCN(CC(=O)O)CC(=O)O)CCN(CC(=O)O)CC(=O)NCC(O)CO. The van der Waals surface area contributed by atoms with Crippen LogP contribution in [0.1, 0.15) is 0 Å². The number of amides is 1. The molecule has 0 fully saturated rings. The summed E-state index contributed by atoms with van der Waals surface area (Å²) in [5, 5.41) is 56.2. The van der Waals surface area contributed by atoms with Gasteiger partial charge < -0.3 is 36.0 Å². The Bertz CT molecular complexity index is 630. The van der Waals surface area contributed by atoms with Crippen LogP contribution in [-0.2, 0) is 24.0 Å². The van der Waals surface area contributed by atoms with E-state index in [-0.39, 0.29) is 39.3 Å². The summed E-state index contributed by atoms with van der Waals surface area (Å²) in [6, 6.07) is 0. The van der Waals surface area contributed by atoms with Gasteiger partial charge in [0.1, 0.15) is 0 Å². The second-order valence-electron chi connectivity index (χ2n) is 6.91. The number of nitrogens with one attached hydrogen (secondary N) is 1. The first-order valence-electron chi connectivity index (χ1n) is 9.52. The van der Waals surface area contributed by atoms with Gasteiger partial charge in [0.05, 0.1) is 45.4 Å². The molecule has 0 saturated carbocycles. The number of carbonyl (C=O) groups is 5. The molecule has 0 aromatic rings. The lowest BCUT2D eigenvalue weighted by Crippen LogP contribution is -2.47. The van der Waals surface area contributed by atoms with Gasteiger partial charge in [-0.2, -0.15) is 0 Å². The van der Waals surface area contributed by atoms with Crippen molar-refractivity contribution in [2.75, 3.05) is 72.1 Å². The molecule has 0 aromatic heterocycles. The maximum Gasteiger partial charge on any atom is 0.317 e. The van der Waals surface area contributed by atoms with Crippen LogP contribution in [-0.4, -0.2) is 153 Å². The van der Waals surface area contributed by atoms with Gasteiger partial charge in [0.15, 0.2) is 0 Å². The van der Waals surface area contributed by atoms with Crippen molar-refractivity contribution < 1.29 is 54.6 Å². The van der Waals surface area contributed by atoms with Crippen molar-refractivity contribution in [3.8, 4) is 0 Å². The molecule has 1 atom stereocenters. The highest BCUT2D eigenvalue weighted by molar-refractivity contribution is 5.79. The van der Waals surface area contributed by atoms with Crippen molar-refractivity contribution in [1.29, 1.82) is 0 Å². The molecule has 15 heteroatoms. The van der Waals surface area contributed by atoms with Gasteiger partial charge in [0.2, 0.25) is 5.91 Å². The van der Waals surface area contributed by atoms with Crippen LogP contribution in [0, 0.1) is 0 Å². The first-order valence-corrected chi connectivity index (χ1v) is 9.52. The van der Waals surface area contributed by atoms with E-state index < -0.39 is 68.7 Å². The van der Waals surface area contributed by atoms with Crippen LogP contribution >= 0.6 is 0 Å². The molecular formula is C17H30N4O11. The summed E-state index contributed by atoms with van der Waals surface area (Å²) in [5.74, 6) is -5.54. The van der Waals surface area contributed by atoms with Crippen molar-refractivity contribution >= 4 is 29.8 Å². The minimum absolute atomic E-state index is 0.000107. The van der Waals surface area contributed by atoms with E-state index in [1.165, 1.54) is 9.80 Å². The predicted molar refractivity (Wildman–Crippen MR) is 106 cm³/mol. The Kier molecular flexibility index (Phi) is 14.5. The molecule has 15 nitrogen and oxygen atoms in total. The van der Waals surface area contributed by atoms with Gasteiger partial charge >= 0.3 is 23.9 Å². The number of nitrogens with zero attached hydrogens (tertiary/aromatic N) is 3. The summed E-state index contributed by atoms with van der Waals surface area (Å²) in [6.45, 7) is -3.38. The summed E-state index contributed by atoms with van der Waals surface area (Å²) in [4.78, 5) is 59.6. The first-order chi connectivity index (χ1) is 14.9. The third kappa shape index (κ3) is 15.9. The van der Waals surface area contributed by atoms with Crippen molar-refractivity contribution in [3.05, 3.63) is 0 Å². The smallest absolute Gasteiger partial charge is 0.317 e. The fourth-order valence-electron chi connectivity index (χ4n) is 2.58. The predicted octanol–water partition coefficient (Wildman–Crippen LogP) is -4.30. The van der Waals surface area contributed by atoms with Gasteiger partial charge in [-0.3, -0.25) is 38.7 Å². The molecule has 0 radical (unpaired) electrons. The van der Waals surface area contributed by atoms with E-state index in [9.17, 15) is 29.1 Å². The number of hydrogen-bond acceptors (Lipinski definition) is 10. The molecule has 0 aliphatic heterocycles. The summed E-state index contributed by atoms with van der Waals surface area (Å²) < 4.78 is 0. The van der Waals surface area contributed by atoms with Crippen LogP contribution in [0.4, 0.5) is 0 Å². The van der Waals surface area contributed by atoms with E-state index in [1.807, 2.05) is 0 Å². The van der Waals surface area contributed by atoms with Crippen LogP contribution in [0.2, 0.25) is 0 Å². The number of carbonyl (C=O) groups excluding carboxylic acids is 1. The molecule has 1 unspecified atom stereocenters. The van der Waals surface area contributed by atoms with Crippen molar-refractivity contribution in [1.82, 2.24) is 20.0 Å². The Morgan fingerprint density at radius 2 is 0.969 bits per heavy atom. The van der Waals surface area contributed by atoms with Crippen molar-refractivity contribution in [2.24, 2.45) is 0 Å². The number of carboxylic acid groups (broad SMARTS) is 4. The van der Waals surface area contributed by atoms with Gasteiger partial charge in [0.25, 0.3) is 0 Å². The Balaban J connectivity index is 4.96. The summed E-state index contributed by atoms with van der Waals surface area (Å²) in [5.41, 5.74) is 0. The van der Waals surface area contributed by atoms with Gasteiger partial charge in [-0.25, -0.2) is 0 Å². The Morgan fingerprint density at radius 3 is 1.34 bits per heavy atom. The molecule has 7 N–H and O–H groups in total. The highest BCUT2D eigenvalue weighted by Gasteiger charge is 2.19. The molecule has 1 amide bonds. The molecule has 0 aliphatic carbocycles. The summed E-state index contributed by atoms with van der Waals surface area (Å²) in [6.07, 6.45) is -1.17. The maximum atomic E-state index is 11.9. The molecular weight excluding hydrogens is 436 g/mol. The average molecular weight is 466 g/mol. The number of aliphatic hydroxyl groups is 2. The number of carboxylic acids is 4. The van der Waals surface area contributed by atoms with E-state index in [4.69, 9.17) is 25.5 Å². The van der Waals surface area contributed by atoms with Crippen molar-refractivity contribution in [2.45, 2.75) is 6.10 Å². The Morgan fingerprint density at radius 1 is 0.625 bits per heavy atom. The standard InChI is InChI=1S/C17H30N4O11/c22-11-12(23)5-18-13(24)6-20(8-15(27)28)3-1-19(7-14(25)26)2-4-21(9-16(29)30)10-17(31)32/h12,22-23H,1-11H2,(H,18,24)(H,25,26)(H,27,28)(H,29,30)(H,31,32). The first kappa shape index (κ1) is 29.1. The maximum absolute atomic E-state index is 11.9. The quantitative estimate of drug-likeness (QED) is 0.0955. The normalized spacial score (nSPS) is 12.2. The molecule has 184 valence electrons. The molecule has 0 rings (SSSR count). The lowest BCUT2D eigenvalue weighted by Gasteiger charge is -2.27. The van der Waals surface area contributed by atoms with Crippen LogP contribution in [0.3, 0.4) is 0 Å². The molecule has 0 saturated heterocycles. The average Bonchev–Trinajstić information content (AvgIpc) is 2.66. The highest BCUT2D eigenvalue weighted by atomic mass is 16.4. The zero-order valence-electron chi connectivity index (χ0n) is 17.4. The summed E-state index contributed by atoms with van der Waals surface area (Å²) >= 11 is 0. The van der Waals surface area contributed by atoms with E-state index in [0.717, 1.165) is 4.90 Å². The topological polar surface area (TPSA) is 228 Å². The van der Waals surface area contributed by atoms with Gasteiger partial charge in [-0.15, -0.1) is 0 Å². The molecule has 0 bridgehead atoms. The summed E-state index contributed by atoms with van der Waals surface area (Å²) in [7, 11) is 0. The minimum Gasteiger partial charge on any atom is -0.480 e. The Hall–Kier alpha value is -2.85. The van der Waals surface area contributed by atoms with Gasteiger partial charge in [-0.05, 0) is 0 Å². The third-order valence-electron chi connectivity index (χ3n) is 4.01. The van der Waals surface area contributed by atoms with Crippen LogP contribution in [0.15, 0.2) is 0 Å². The fourth-order valence-corrected chi connectivity index (χ4v) is 2.58. The van der Waals surface area contributed by atoms with Gasteiger partial charge in [-0.1, -0.05) is 0 Å². The van der Waals surface area contributed by atoms with E-state index in [2.05, 4.69) is 5.32 Å². The third-order valence-corrected chi connectivity index (χ3v) is 4.01. The number of aliphatic hydroxyl groups excluding tert-OH is 2. The molecule has 0 spiro atoms. The lowest BCUT2D eigenvalue weighted by molar-refractivity contribution is -0.143. The number of hydrogen-bond donors (Lipinski definition) is 7. The van der Waals surface area contributed by atoms with Crippen molar-refractivity contribution in [3.63, 3.8) is 0 Å². The van der Waals surface area contributed by atoms with E-state index in [1.54, 1.807) is 0 Å². The highest BCUT2D eigenvalue weighted by Crippen LogP contribution is 1.97. The fraction of sp³-hybridized carbons (Fsp3) is 0.706. The zero-order valence-corrected chi connectivity index (χ0v) is 17.4. The number of aliphatic carboxylic acids is 4. The Labute approximate surface area is 183 Å².